The number of anilines is 2. The Kier molecular flexibility index (Phi) is 5.31. The van der Waals surface area contributed by atoms with E-state index in [0.29, 0.717) is 49.3 Å². The number of hydrogen-bond acceptors (Lipinski definition) is 6. The van der Waals surface area contributed by atoms with Crippen LogP contribution in [-0.4, -0.2) is 44.7 Å². The second-order valence-corrected chi connectivity index (χ2v) is 7.94. The molecule has 0 spiro atoms. The maximum absolute atomic E-state index is 13.3. The molecule has 10 heteroatoms. The summed E-state index contributed by atoms with van der Waals surface area (Å²) in [6.07, 6.45) is 0. The summed E-state index contributed by atoms with van der Waals surface area (Å²) in [5.74, 6) is -0.146. The summed E-state index contributed by atoms with van der Waals surface area (Å²) >= 11 is 5.68. The Balaban J connectivity index is 1.90. The molecule has 140 valence electrons. The van der Waals surface area contributed by atoms with Gasteiger partial charge in [0.1, 0.15) is 5.82 Å². The number of nitrogens with zero attached hydrogens (tertiary/aromatic N) is 3. The molecule has 2 heterocycles. The first-order chi connectivity index (χ1) is 12.3. The van der Waals surface area contributed by atoms with E-state index in [9.17, 15) is 12.8 Å². The van der Waals surface area contributed by atoms with E-state index in [2.05, 4.69) is 14.7 Å². The third-order valence-corrected chi connectivity index (χ3v) is 5.63. The van der Waals surface area contributed by atoms with Gasteiger partial charge in [0, 0.05) is 13.1 Å². The standard InChI is InChI=1S/C16H18ClFN4O3S/c1-10-15(11(2)20-16(19-10)22-5-7-25-8-6-22)21-26(23,24)12-3-4-14(18)13(17)9-12/h3-4,9,21H,5-8H2,1-2H3. The molecule has 2 aromatic rings. The van der Waals surface area contributed by atoms with E-state index < -0.39 is 15.8 Å². The smallest absolute Gasteiger partial charge is 0.262 e. The molecule has 1 aliphatic heterocycles. The van der Waals surface area contributed by atoms with Gasteiger partial charge in [0.15, 0.2) is 0 Å². The largest absolute Gasteiger partial charge is 0.378 e. The summed E-state index contributed by atoms with van der Waals surface area (Å²) in [5, 5.41) is -0.264. The van der Waals surface area contributed by atoms with Gasteiger partial charge < -0.3 is 9.64 Å². The number of sulfonamides is 1. The minimum atomic E-state index is -3.95. The van der Waals surface area contributed by atoms with Crippen LogP contribution in [0.15, 0.2) is 23.1 Å². The second-order valence-electron chi connectivity index (χ2n) is 5.85. The molecule has 0 radical (unpaired) electrons. The molecule has 1 fully saturated rings. The van der Waals surface area contributed by atoms with Crippen LogP contribution >= 0.6 is 11.6 Å². The zero-order valence-electron chi connectivity index (χ0n) is 14.3. The lowest BCUT2D eigenvalue weighted by atomic mass is 10.3. The van der Waals surface area contributed by atoms with Gasteiger partial charge >= 0.3 is 0 Å². The first-order valence-corrected chi connectivity index (χ1v) is 9.80. The van der Waals surface area contributed by atoms with Crippen molar-refractivity contribution in [2.24, 2.45) is 0 Å². The number of hydrogen-bond donors (Lipinski definition) is 1. The first kappa shape index (κ1) is 18.8. The lowest BCUT2D eigenvalue weighted by molar-refractivity contribution is 0.122. The second kappa shape index (κ2) is 7.34. The van der Waals surface area contributed by atoms with Gasteiger partial charge in [-0.05, 0) is 32.0 Å². The van der Waals surface area contributed by atoms with Crippen LogP contribution in [0.1, 0.15) is 11.4 Å². The fourth-order valence-corrected chi connectivity index (χ4v) is 4.04. The highest BCUT2D eigenvalue weighted by atomic mass is 35.5. The van der Waals surface area contributed by atoms with E-state index in [1.807, 2.05) is 4.90 Å². The number of aromatic nitrogens is 2. The molecule has 26 heavy (non-hydrogen) atoms. The highest BCUT2D eigenvalue weighted by Crippen LogP contribution is 2.26. The highest BCUT2D eigenvalue weighted by molar-refractivity contribution is 7.92. The SMILES string of the molecule is Cc1nc(N2CCOCC2)nc(C)c1NS(=O)(=O)c1ccc(F)c(Cl)c1. The fourth-order valence-electron chi connectivity index (χ4n) is 2.59. The third kappa shape index (κ3) is 3.89. The molecule has 0 bridgehead atoms. The molecule has 1 aliphatic rings. The van der Waals surface area contributed by atoms with Crippen molar-refractivity contribution in [2.45, 2.75) is 18.7 Å². The Bertz CT molecular complexity index is 910. The van der Waals surface area contributed by atoms with Crippen LogP contribution in [0.3, 0.4) is 0 Å². The Morgan fingerprint density at radius 2 is 1.81 bits per heavy atom. The van der Waals surface area contributed by atoms with Crippen molar-refractivity contribution >= 4 is 33.3 Å². The number of halogens is 2. The van der Waals surface area contributed by atoms with Crippen LogP contribution < -0.4 is 9.62 Å². The van der Waals surface area contributed by atoms with E-state index in [4.69, 9.17) is 16.3 Å². The van der Waals surface area contributed by atoms with Gasteiger partial charge in [-0.1, -0.05) is 11.6 Å². The van der Waals surface area contributed by atoms with Gasteiger partial charge in [-0.25, -0.2) is 22.8 Å². The van der Waals surface area contributed by atoms with Crippen LogP contribution in [0.5, 0.6) is 0 Å². The van der Waals surface area contributed by atoms with Crippen LogP contribution in [-0.2, 0) is 14.8 Å². The van der Waals surface area contributed by atoms with Crippen molar-refractivity contribution in [3.63, 3.8) is 0 Å². The molecule has 0 amide bonds. The molecule has 0 saturated carbocycles. The van der Waals surface area contributed by atoms with Crippen LogP contribution in [0.25, 0.3) is 0 Å². The Morgan fingerprint density at radius 1 is 1.19 bits per heavy atom. The van der Waals surface area contributed by atoms with Gasteiger partial charge in [-0.3, -0.25) is 4.72 Å². The first-order valence-electron chi connectivity index (χ1n) is 7.94. The number of rotatable bonds is 4. The van der Waals surface area contributed by atoms with E-state index in [-0.39, 0.29) is 9.92 Å². The minimum Gasteiger partial charge on any atom is -0.378 e. The van der Waals surface area contributed by atoms with Crippen molar-refractivity contribution in [1.82, 2.24) is 9.97 Å². The Morgan fingerprint density at radius 3 is 2.38 bits per heavy atom. The van der Waals surface area contributed by atoms with E-state index in [1.54, 1.807) is 13.8 Å². The van der Waals surface area contributed by atoms with Crippen molar-refractivity contribution in [3.8, 4) is 0 Å². The van der Waals surface area contributed by atoms with E-state index >= 15 is 0 Å². The molecule has 1 saturated heterocycles. The summed E-state index contributed by atoms with van der Waals surface area (Å²) < 4.78 is 46.2. The van der Waals surface area contributed by atoms with Gasteiger partial charge in [-0.15, -0.1) is 0 Å². The number of benzene rings is 1. The lowest BCUT2D eigenvalue weighted by Gasteiger charge is -2.27. The number of aryl methyl sites for hydroxylation is 2. The monoisotopic (exact) mass is 400 g/mol. The molecule has 1 aromatic carbocycles. The maximum atomic E-state index is 13.3. The zero-order chi connectivity index (χ0) is 18.9. The average molecular weight is 401 g/mol. The highest BCUT2D eigenvalue weighted by Gasteiger charge is 2.21. The van der Waals surface area contributed by atoms with Gasteiger partial charge in [0.05, 0.1) is 40.2 Å². The molecule has 0 unspecified atom stereocenters. The summed E-state index contributed by atoms with van der Waals surface area (Å²) in [5.41, 5.74) is 1.29. The topological polar surface area (TPSA) is 84.4 Å². The predicted molar refractivity (Wildman–Crippen MR) is 96.8 cm³/mol. The maximum Gasteiger partial charge on any atom is 0.262 e. The summed E-state index contributed by atoms with van der Waals surface area (Å²) in [7, 11) is -3.95. The van der Waals surface area contributed by atoms with E-state index in [1.165, 1.54) is 0 Å². The quantitative estimate of drug-likeness (QED) is 0.848. The van der Waals surface area contributed by atoms with Crippen molar-refractivity contribution in [1.29, 1.82) is 0 Å². The number of ether oxygens (including phenoxy) is 1. The minimum absolute atomic E-state index is 0.139. The Hall–Kier alpha value is -1.97. The molecular weight excluding hydrogens is 383 g/mol. The lowest BCUT2D eigenvalue weighted by Crippen LogP contribution is -2.37. The molecule has 1 N–H and O–H groups in total. The average Bonchev–Trinajstić information content (AvgIpc) is 2.61. The Labute approximate surface area is 156 Å². The van der Waals surface area contributed by atoms with Gasteiger partial charge in [0.25, 0.3) is 10.0 Å². The molecule has 7 nitrogen and oxygen atoms in total. The number of nitrogens with one attached hydrogen (secondary N) is 1. The normalized spacial score (nSPS) is 15.2. The zero-order valence-corrected chi connectivity index (χ0v) is 15.9. The van der Waals surface area contributed by atoms with Crippen LogP contribution in [0, 0.1) is 19.7 Å². The fraction of sp³-hybridized carbons (Fsp3) is 0.375. The summed E-state index contributed by atoms with van der Waals surface area (Å²) in [6, 6.07) is 3.22. The van der Waals surface area contributed by atoms with Gasteiger partial charge in [0.2, 0.25) is 5.95 Å². The van der Waals surface area contributed by atoms with E-state index in [0.717, 1.165) is 18.2 Å². The van der Waals surface area contributed by atoms with Gasteiger partial charge in [-0.2, -0.15) is 0 Å². The number of morpholine rings is 1. The van der Waals surface area contributed by atoms with Crippen LogP contribution in [0.2, 0.25) is 5.02 Å². The summed E-state index contributed by atoms with van der Waals surface area (Å²) in [4.78, 5) is 10.7. The van der Waals surface area contributed by atoms with Crippen molar-refractivity contribution in [2.75, 3.05) is 35.9 Å². The molecular formula is C16H18ClFN4O3S. The van der Waals surface area contributed by atoms with Crippen LogP contribution in [0.4, 0.5) is 16.0 Å². The van der Waals surface area contributed by atoms with Crippen molar-refractivity contribution < 1.29 is 17.5 Å². The summed E-state index contributed by atoms with van der Waals surface area (Å²) in [6.45, 7) is 5.96. The molecule has 1 aromatic heterocycles. The molecule has 3 rings (SSSR count). The predicted octanol–water partition coefficient (Wildman–Crippen LogP) is 2.52. The third-order valence-electron chi connectivity index (χ3n) is 3.99. The molecule has 0 atom stereocenters. The van der Waals surface area contributed by atoms with Crippen molar-refractivity contribution in [3.05, 3.63) is 40.4 Å². The molecule has 0 aliphatic carbocycles.